The Morgan fingerprint density at radius 3 is 2.84 bits per heavy atom. The number of ether oxygens (including phenoxy) is 1. The molecule has 5 heteroatoms. The molecule has 1 saturated carbocycles. The third kappa shape index (κ3) is 2.41. The molecule has 1 spiro atoms. The molecule has 0 amide bonds. The normalized spacial score (nSPS) is 26.9. The van der Waals surface area contributed by atoms with Crippen LogP contribution in [0.4, 0.5) is 10.1 Å². The number of rotatable bonds is 2. The molecule has 1 heterocycles. The lowest BCUT2D eigenvalue weighted by atomic mass is 9.75. The van der Waals surface area contributed by atoms with E-state index in [9.17, 15) is 8.60 Å². The molecule has 2 aliphatic rings. The fourth-order valence-corrected chi connectivity index (χ4v) is 4.48. The van der Waals surface area contributed by atoms with Crippen molar-refractivity contribution >= 4 is 16.5 Å². The molecule has 1 aliphatic heterocycles. The summed E-state index contributed by atoms with van der Waals surface area (Å²) in [6, 6.07) is 4.45. The van der Waals surface area contributed by atoms with Gasteiger partial charge in [0.25, 0.3) is 0 Å². The first-order valence-electron chi connectivity index (χ1n) is 6.69. The molecule has 2 N–H and O–H groups in total. The molecule has 1 aliphatic carbocycles. The van der Waals surface area contributed by atoms with Crippen molar-refractivity contribution < 1.29 is 13.3 Å². The Morgan fingerprint density at radius 2 is 2.21 bits per heavy atom. The lowest BCUT2D eigenvalue weighted by Gasteiger charge is -2.46. The van der Waals surface area contributed by atoms with Gasteiger partial charge in [-0.1, -0.05) is 0 Å². The fourth-order valence-electron chi connectivity index (χ4n) is 2.91. The van der Waals surface area contributed by atoms with E-state index in [1.54, 1.807) is 6.07 Å². The molecule has 0 aromatic heterocycles. The van der Waals surface area contributed by atoms with Gasteiger partial charge in [-0.2, -0.15) is 0 Å². The molecule has 1 aromatic carbocycles. The lowest BCUT2D eigenvalue weighted by molar-refractivity contribution is -0.125. The Hall–Kier alpha value is -0.940. The van der Waals surface area contributed by atoms with Gasteiger partial charge in [0.2, 0.25) is 0 Å². The minimum Gasteiger partial charge on any atom is -0.396 e. The molecule has 3 rings (SSSR count). The zero-order valence-corrected chi connectivity index (χ0v) is 11.5. The maximum Gasteiger partial charge on any atom is 0.147 e. The molecule has 2 atom stereocenters. The van der Waals surface area contributed by atoms with Crippen LogP contribution in [0, 0.1) is 5.82 Å². The zero-order chi connectivity index (χ0) is 13.5. The number of nitrogen functional groups attached to an aromatic ring is 1. The minimum absolute atomic E-state index is 0.0368. The molecule has 19 heavy (non-hydrogen) atoms. The van der Waals surface area contributed by atoms with Gasteiger partial charge in [-0.15, -0.1) is 0 Å². The van der Waals surface area contributed by atoms with Crippen molar-refractivity contribution in [3.05, 3.63) is 24.0 Å². The highest BCUT2D eigenvalue weighted by atomic mass is 32.2. The van der Waals surface area contributed by atoms with Gasteiger partial charge in [-0.25, -0.2) is 4.39 Å². The predicted octanol–water partition coefficient (Wildman–Crippen LogP) is 2.62. The summed E-state index contributed by atoms with van der Waals surface area (Å²) in [7, 11) is -1.18. The number of halogens is 1. The van der Waals surface area contributed by atoms with E-state index in [0.717, 1.165) is 25.7 Å². The monoisotopic (exact) mass is 283 g/mol. The number of anilines is 1. The smallest absolute Gasteiger partial charge is 0.147 e. The highest BCUT2D eigenvalue weighted by Gasteiger charge is 2.44. The third-order valence-corrected chi connectivity index (χ3v) is 5.95. The highest BCUT2D eigenvalue weighted by molar-refractivity contribution is 7.85. The summed E-state index contributed by atoms with van der Waals surface area (Å²) in [4.78, 5) is 0.535. The van der Waals surface area contributed by atoms with E-state index < -0.39 is 16.6 Å². The van der Waals surface area contributed by atoms with Crippen LogP contribution in [0.1, 0.15) is 32.1 Å². The second-order valence-electron chi connectivity index (χ2n) is 5.48. The van der Waals surface area contributed by atoms with Crippen molar-refractivity contribution in [3.8, 4) is 0 Å². The highest BCUT2D eigenvalue weighted by Crippen LogP contribution is 2.44. The number of hydrogen-bond donors (Lipinski definition) is 1. The average molecular weight is 283 g/mol. The molecule has 1 saturated heterocycles. The first-order chi connectivity index (χ1) is 9.10. The van der Waals surface area contributed by atoms with E-state index in [-0.39, 0.29) is 16.5 Å². The third-order valence-electron chi connectivity index (χ3n) is 4.22. The summed E-state index contributed by atoms with van der Waals surface area (Å²) in [6.45, 7) is 0.661. The van der Waals surface area contributed by atoms with E-state index >= 15 is 0 Å². The van der Waals surface area contributed by atoms with Gasteiger partial charge in [0, 0.05) is 16.8 Å². The molecule has 3 nitrogen and oxygen atoms in total. The second-order valence-corrected chi connectivity index (χ2v) is 7.21. The van der Waals surface area contributed by atoms with Crippen molar-refractivity contribution in [1.82, 2.24) is 0 Å². The summed E-state index contributed by atoms with van der Waals surface area (Å²) in [5.41, 5.74) is 5.51. The SMILES string of the molecule is Nc1ccc(S(=O)C2CCOC3(CCC3)C2)cc1F. The maximum absolute atomic E-state index is 13.5. The first kappa shape index (κ1) is 13.1. The Balaban J connectivity index is 1.77. The van der Waals surface area contributed by atoms with Gasteiger partial charge in [-0.3, -0.25) is 4.21 Å². The van der Waals surface area contributed by atoms with E-state index in [2.05, 4.69) is 0 Å². The number of hydrogen-bond acceptors (Lipinski definition) is 3. The zero-order valence-electron chi connectivity index (χ0n) is 10.7. The van der Waals surface area contributed by atoms with Crippen molar-refractivity contribution in [2.45, 2.75) is 47.9 Å². The molecule has 104 valence electrons. The molecule has 2 unspecified atom stereocenters. The minimum atomic E-state index is -1.18. The summed E-state index contributed by atoms with van der Waals surface area (Å²) in [5, 5.41) is 0.0667. The van der Waals surface area contributed by atoms with Crippen molar-refractivity contribution in [1.29, 1.82) is 0 Å². The van der Waals surface area contributed by atoms with Gasteiger partial charge < -0.3 is 10.5 Å². The molecule has 0 radical (unpaired) electrons. The largest absolute Gasteiger partial charge is 0.396 e. The van der Waals surface area contributed by atoms with Crippen LogP contribution in [-0.4, -0.2) is 21.7 Å². The Morgan fingerprint density at radius 1 is 1.42 bits per heavy atom. The fraction of sp³-hybridized carbons (Fsp3) is 0.571. The van der Waals surface area contributed by atoms with Gasteiger partial charge in [0.1, 0.15) is 5.82 Å². The van der Waals surface area contributed by atoms with Crippen molar-refractivity contribution in [3.63, 3.8) is 0 Å². The van der Waals surface area contributed by atoms with E-state index in [4.69, 9.17) is 10.5 Å². The van der Waals surface area contributed by atoms with Crippen LogP contribution in [-0.2, 0) is 15.5 Å². The summed E-state index contributed by atoms with van der Waals surface area (Å²) in [6.07, 6.45) is 4.93. The van der Waals surface area contributed by atoms with Crippen LogP contribution in [0.15, 0.2) is 23.1 Å². The molecular weight excluding hydrogens is 265 g/mol. The van der Waals surface area contributed by atoms with Crippen LogP contribution in [0.3, 0.4) is 0 Å². The van der Waals surface area contributed by atoms with Gasteiger partial charge in [-0.05, 0) is 50.3 Å². The summed E-state index contributed by atoms with van der Waals surface area (Å²) >= 11 is 0. The lowest BCUT2D eigenvalue weighted by Crippen LogP contribution is -2.48. The van der Waals surface area contributed by atoms with Gasteiger partial charge >= 0.3 is 0 Å². The van der Waals surface area contributed by atoms with Crippen molar-refractivity contribution in [2.24, 2.45) is 0 Å². The molecule has 2 fully saturated rings. The number of benzene rings is 1. The van der Waals surface area contributed by atoms with E-state index in [0.29, 0.717) is 11.5 Å². The first-order valence-corrected chi connectivity index (χ1v) is 7.91. The van der Waals surface area contributed by atoms with Crippen molar-refractivity contribution in [2.75, 3.05) is 12.3 Å². The quantitative estimate of drug-likeness (QED) is 0.849. The summed E-state index contributed by atoms with van der Waals surface area (Å²) < 4.78 is 31.8. The maximum atomic E-state index is 13.5. The average Bonchev–Trinajstić information content (AvgIpc) is 2.39. The Labute approximate surface area is 114 Å². The van der Waals surface area contributed by atoms with E-state index in [1.165, 1.54) is 18.6 Å². The number of nitrogens with two attached hydrogens (primary N) is 1. The van der Waals surface area contributed by atoms with Crippen LogP contribution < -0.4 is 5.73 Å². The van der Waals surface area contributed by atoms with Crippen LogP contribution in [0.25, 0.3) is 0 Å². The summed E-state index contributed by atoms with van der Waals surface area (Å²) in [5.74, 6) is -0.490. The van der Waals surface area contributed by atoms with E-state index in [1.807, 2.05) is 0 Å². The predicted molar refractivity (Wildman–Crippen MR) is 72.8 cm³/mol. The molecule has 0 bridgehead atoms. The van der Waals surface area contributed by atoms with Gasteiger partial charge in [0.15, 0.2) is 0 Å². The van der Waals surface area contributed by atoms with Gasteiger partial charge in [0.05, 0.1) is 22.1 Å². The topological polar surface area (TPSA) is 52.3 Å². The molecule has 1 aromatic rings. The Bertz CT molecular complexity index is 516. The molecular formula is C14H18FNO2S. The van der Waals surface area contributed by atoms with Crippen LogP contribution >= 0.6 is 0 Å². The Kier molecular flexibility index (Phi) is 3.35. The van der Waals surface area contributed by atoms with Crippen LogP contribution in [0.2, 0.25) is 0 Å². The van der Waals surface area contributed by atoms with Crippen LogP contribution in [0.5, 0.6) is 0 Å². The second kappa shape index (κ2) is 4.87. The standard InChI is InChI=1S/C14H18FNO2S/c15-12-8-10(2-3-13(12)16)19(17)11-4-7-18-14(9-11)5-1-6-14/h2-3,8,11H,1,4-7,9,16H2.